The van der Waals surface area contributed by atoms with E-state index in [0.29, 0.717) is 0 Å². The Morgan fingerprint density at radius 3 is 2.40 bits per heavy atom. The van der Waals surface area contributed by atoms with Crippen LogP contribution in [0.15, 0.2) is 53.9 Å². The number of rotatable bonds is 4. The molecule has 0 aliphatic carbocycles. The van der Waals surface area contributed by atoms with Crippen LogP contribution < -0.4 is 5.32 Å². The first-order chi connectivity index (χ1) is 9.72. The van der Waals surface area contributed by atoms with Crippen molar-refractivity contribution in [1.29, 1.82) is 0 Å². The van der Waals surface area contributed by atoms with Crippen molar-refractivity contribution in [2.24, 2.45) is 0 Å². The van der Waals surface area contributed by atoms with Crippen molar-refractivity contribution in [1.82, 2.24) is 0 Å². The minimum absolute atomic E-state index is 0.160. The number of anilines is 1. The Balaban J connectivity index is 1.92. The summed E-state index contributed by atoms with van der Waals surface area (Å²) in [5.74, 6) is 0. The Labute approximate surface area is 144 Å². The standard InChI is InChI=1S/C15H11ClINS2/c16-14-8-7-13(20-14)15(12-2-1-9-19-12)18-11-5-3-10(17)4-6-11/h1-9,15,18H. The van der Waals surface area contributed by atoms with Gasteiger partial charge in [-0.05, 0) is 70.4 Å². The van der Waals surface area contributed by atoms with Gasteiger partial charge in [-0.15, -0.1) is 22.7 Å². The molecular weight excluding hydrogens is 421 g/mol. The molecule has 1 nitrogen and oxygen atoms in total. The lowest BCUT2D eigenvalue weighted by Crippen LogP contribution is -2.09. The molecular formula is C15H11ClINS2. The van der Waals surface area contributed by atoms with E-state index < -0.39 is 0 Å². The Morgan fingerprint density at radius 2 is 1.80 bits per heavy atom. The number of nitrogens with one attached hydrogen (secondary N) is 1. The number of benzene rings is 1. The fourth-order valence-corrected chi connectivity index (χ4v) is 4.29. The van der Waals surface area contributed by atoms with Gasteiger partial charge in [0, 0.05) is 19.0 Å². The normalized spacial score (nSPS) is 12.3. The third kappa shape index (κ3) is 3.36. The minimum atomic E-state index is 0.160. The SMILES string of the molecule is Clc1ccc(C(Nc2ccc(I)cc2)c2cccs2)s1. The first-order valence-electron chi connectivity index (χ1n) is 6.03. The highest BCUT2D eigenvalue weighted by molar-refractivity contribution is 14.1. The Hall–Kier alpha value is -0.560. The molecule has 102 valence electrons. The van der Waals surface area contributed by atoms with Crippen LogP contribution in [0.25, 0.3) is 0 Å². The largest absolute Gasteiger partial charge is 0.373 e. The second-order valence-corrected chi connectivity index (χ2v) is 8.21. The lowest BCUT2D eigenvalue weighted by Gasteiger charge is -2.17. The highest BCUT2D eigenvalue weighted by atomic mass is 127. The summed E-state index contributed by atoms with van der Waals surface area (Å²) < 4.78 is 2.06. The predicted octanol–water partition coefficient (Wildman–Crippen LogP) is 6.27. The summed E-state index contributed by atoms with van der Waals surface area (Å²) in [7, 11) is 0. The topological polar surface area (TPSA) is 12.0 Å². The van der Waals surface area contributed by atoms with Gasteiger partial charge in [0.1, 0.15) is 0 Å². The van der Waals surface area contributed by atoms with Crippen LogP contribution in [0.4, 0.5) is 5.69 Å². The van der Waals surface area contributed by atoms with E-state index in [1.54, 1.807) is 22.7 Å². The fourth-order valence-electron chi connectivity index (χ4n) is 1.93. The second-order valence-electron chi connectivity index (χ2n) is 4.24. The van der Waals surface area contributed by atoms with Crippen molar-refractivity contribution >= 4 is 62.6 Å². The van der Waals surface area contributed by atoms with Crippen molar-refractivity contribution in [2.75, 3.05) is 5.32 Å². The molecule has 1 N–H and O–H groups in total. The molecule has 1 unspecified atom stereocenters. The number of hydrogen-bond acceptors (Lipinski definition) is 3. The summed E-state index contributed by atoms with van der Waals surface area (Å²) in [6.45, 7) is 0. The molecule has 0 saturated carbocycles. The molecule has 0 bridgehead atoms. The molecule has 0 fully saturated rings. The van der Waals surface area contributed by atoms with Crippen LogP contribution >= 0.6 is 56.9 Å². The van der Waals surface area contributed by atoms with Gasteiger partial charge in [-0.1, -0.05) is 17.7 Å². The third-order valence-electron chi connectivity index (χ3n) is 2.86. The van der Waals surface area contributed by atoms with Gasteiger partial charge in [0.2, 0.25) is 0 Å². The maximum absolute atomic E-state index is 6.08. The van der Waals surface area contributed by atoms with E-state index in [0.717, 1.165) is 10.0 Å². The number of thiophene rings is 2. The van der Waals surface area contributed by atoms with Crippen LogP contribution in [0.1, 0.15) is 15.8 Å². The molecule has 0 spiro atoms. The molecule has 2 heterocycles. The average Bonchev–Trinajstić information content (AvgIpc) is 3.09. The van der Waals surface area contributed by atoms with E-state index in [-0.39, 0.29) is 6.04 Å². The van der Waals surface area contributed by atoms with Crippen molar-refractivity contribution in [2.45, 2.75) is 6.04 Å². The summed E-state index contributed by atoms with van der Waals surface area (Å²) >= 11 is 11.8. The highest BCUT2D eigenvalue weighted by Crippen LogP contribution is 2.35. The van der Waals surface area contributed by atoms with Gasteiger partial charge in [-0.3, -0.25) is 0 Å². The quantitative estimate of drug-likeness (QED) is 0.480. The van der Waals surface area contributed by atoms with Gasteiger partial charge in [-0.25, -0.2) is 0 Å². The van der Waals surface area contributed by atoms with Crippen LogP contribution in [-0.2, 0) is 0 Å². The molecule has 5 heteroatoms. The van der Waals surface area contributed by atoms with Gasteiger partial charge in [0.05, 0.1) is 10.4 Å². The summed E-state index contributed by atoms with van der Waals surface area (Å²) in [4.78, 5) is 2.53. The lowest BCUT2D eigenvalue weighted by atomic mass is 10.2. The molecule has 0 amide bonds. The Bertz CT molecular complexity index is 676. The van der Waals surface area contributed by atoms with Crippen molar-refractivity contribution in [3.8, 4) is 0 Å². The average molecular weight is 432 g/mol. The summed E-state index contributed by atoms with van der Waals surface area (Å²) in [5, 5.41) is 5.70. The van der Waals surface area contributed by atoms with Gasteiger partial charge >= 0.3 is 0 Å². The van der Waals surface area contributed by atoms with E-state index in [1.807, 2.05) is 6.07 Å². The fraction of sp³-hybridized carbons (Fsp3) is 0.0667. The Morgan fingerprint density at radius 1 is 1.00 bits per heavy atom. The number of halogens is 2. The second kappa shape index (κ2) is 6.47. The molecule has 0 aliphatic heterocycles. The summed E-state index contributed by atoms with van der Waals surface area (Å²) in [6, 6.07) is 16.9. The van der Waals surface area contributed by atoms with E-state index in [1.165, 1.54) is 13.3 Å². The first-order valence-corrected chi connectivity index (χ1v) is 9.18. The van der Waals surface area contributed by atoms with Gasteiger partial charge in [0.25, 0.3) is 0 Å². The maximum atomic E-state index is 6.08. The van der Waals surface area contributed by atoms with E-state index >= 15 is 0 Å². The highest BCUT2D eigenvalue weighted by Gasteiger charge is 2.17. The molecule has 20 heavy (non-hydrogen) atoms. The molecule has 2 aromatic heterocycles. The predicted molar refractivity (Wildman–Crippen MR) is 98.3 cm³/mol. The molecule has 0 radical (unpaired) electrons. The first kappa shape index (κ1) is 14.4. The molecule has 3 aromatic rings. The molecule has 0 aliphatic rings. The zero-order valence-corrected chi connectivity index (χ0v) is 14.9. The van der Waals surface area contributed by atoms with E-state index in [4.69, 9.17) is 11.6 Å². The molecule has 0 saturated heterocycles. The van der Waals surface area contributed by atoms with Gasteiger partial charge in [-0.2, -0.15) is 0 Å². The summed E-state index contributed by atoms with van der Waals surface area (Å²) in [5.41, 5.74) is 1.12. The van der Waals surface area contributed by atoms with Gasteiger partial charge < -0.3 is 5.32 Å². The van der Waals surface area contributed by atoms with Crippen LogP contribution in [-0.4, -0.2) is 0 Å². The van der Waals surface area contributed by atoms with Crippen molar-refractivity contribution in [3.05, 3.63) is 71.6 Å². The van der Waals surface area contributed by atoms with Crippen LogP contribution in [0, 0.1) is 3.57 Å². The van der Waals surface area contributed by atoms with Crippen LogP contribution in [0.3, 0.4) is 0 Å². The van der Waals surface area contributed by atoms with Crippen molar-refractivity contribution < 1.29 is 0 Å². The van der Waals surface area contributed by atoms with Crippen molar-refractivity contribution in [3.63, 3.8) is 0 Å². The molecule has 1 atom stereocenters. The third-order valence-corrected chi connectivity index (χ3v) is 5.81. The van der Waals surface area contributed by atoms with E-state index in [9.17, 15) is 0 Å². The number of hydrogen-bond donors (Lipinski definition) is 1. The lowest BCUT2D eigenvalue weighted by molar-refractivity contribution is 0.993. The maximum Gasteiger partial charge on any atom is 0.0954 e. The van der Waals surface area contributed by atoms with E-state index in [2.05, 4.69) is 75.8 Å². The van der Waals surface area contributed by atoms with Crippen LogP contribution in [0.2, 0.25) is 4.34 Å². The molecule has 3 rings (SSSR count). The summed E-state index contributed by atoms with van der Waals surface area (Å²) in [6.07, 6.45) is 0. The van der Waals surface area contributed by atoms with Crippen LogP contribution in [0.5, 0.6) is 0 Å². The molecule has 1 aromatic carbocycles. The van der Waals surface area contributed by atoms with Gasteiger partial charge in [0.15, 0.2) is 0 Å². The Kier molecular flexibility index (Phi) is 4.65. The minimum Gasteiger partial charge on any atom is -0.373 e. The smallest absolute Gasteiger partial charge is 0.0954 e. The monoisotopic (exact) mass is 431 g/mol. The zero-order chi connectivity index (χ0) is 13.9. The zero-order valence-electron chi connectivity index (χ0n) is 10.3.